The maximum absolute atomic E-state index is 9.83. The molecule has 7 heteroatoms. The maximum Gasteiger partial charge on any atom is 0.137 e. The molecule has 1 aromatic heterocycles. The average molecular weight is 424 g/mol. The minimum absolute atomic E-state index is 0.0949. The number of aliphatic hydroxyl groups is 3. The van der Waals surface area contributed by atoms with E-state index in [1.165, 1.54) is 0 Å². The van der Waals surface area contributed by atoms with Crippen molar-refractivity contribution in [1.29, 1.82) is 0 Å². The van der Waals surface area contributed by atoms with E-state index in [0.29, 0.717) is 11.6 Å². The van der Waals surface area contributed by atoms with Gasteiger partial charge in [-0.3, -0.25) is 0 Å². The van der Waals surface area contributed by atoms with E-state index in [9.17, 15) is 10.2 Å². The smallest absolute Gasteiger partial charge is 0.137 e. The summed E-state index contributed by atoms with van der Waals surface area (Å²) in [5, 5.41) is 28.6. The number of nitrogens with zero attached hydrogens (tertiary/aromatic N) is 2. The highest BCUT2D eigenvalue weighted by Gasteiger charge is 2.14. The van der Waals surface area contributed by atoms with Gasteiger partial charge in [-0.2, -0.15) is 0 Å². The Labute approximate surface area is 182 Å². The Kier molecular flexibility index (Phi) is 7.97. The summed E-state index contributed by atoms with van der Waals surface area (Å²) in [6.45, 7) is 1.71. The second-order valence-electron chi connectivity index (χ2n) is 7.38. The number of benzene rings is 2. The zero-order valence-corrected chi connectivity index (χ0v) is 17.5. The molecule has 0 spiro atoms. The maximum atomic E-state index is 9.83. The Balaban J connectivity index is 1.66. The molecule has 0 radical (unpaired) electrons. The van der Waals surface area contributed by atoms with Gasteiger partial charge in [-0.1, -0.05) is 48.6 Å². The van der Waals surface area contributed by atoms with Crippen molar-refractivity contribution in [2.75, 3.05) is 19.8 Å². The van der Waals surface area contributed by atoms with E-state index in [2.05, 4.69) is 4.98 Å². The van der Waals surface area contributed by atoms with Crippen molar-refractivity contribution in [3.05, 3.63) is 78.4 Å². The summed E-state index contributed by atoms with van der Waals surface area (Å²) < 4.78 is 7.32. The van der Waals surface area contributed by atoms with Gasteiger partial charge in [0, 0.05) is 12.4 Å². The molecule has 0 fully saturated rings. The van der Waals surface area contributed by atoms with Gasteiger partial charge >= 0.3 is 0 Å². The van der Waals surface area contributed by atoms with Gasteiger partial charge in [0.1, 0.15) is 24.3 Å². The first-order valence-corrected chi connectivity index (χ1v) is 10.2. The number of aromatic nitrogens is 2. The van der Waals surface area contributed by atoms with Crippen LogP contribution in [0.15, 0.2) is 67.0 Å². The number of hydrogen-bond donors (Lipinski definition) is 4. The molecule has 5 N–H and O–H groups in total. The second-order valence-corrected chi connectivity index (χ2v) is 7.38. The van der Waals surface area contributed by atoms with Gasteiger partial charge in [0.05, 0.1) is 25.3 Å². The zero-order valence-electron chi connectivity index (χ0n) is 17.5. The highest BCUT2D eigenvalue weighted by molar-refractivity contribution is 5.66. The molecule has 0 saturated carbocycles. The quantitative estimate of drug-likeness (QED) is 0.399. The predicted octanol–water partition coefficient (Wildman–Crippen LogP) is 2.55. The fraction of sp³-hybridized carbons (Fsp3) is 0.292. The van der Waals surface area contributed by atoms with E-state index in [0.717, 1.165) is 16.7 Å². The standard InChI is InChI=1S/C24H29N3O4/c1-17(30)24-26-12-13-27(24)22(15-29)9-4-18-2-5-19(6-3-18)20-7-10-23(11-8-20)31-16-21(25)14-28/h2-13,17,21-22,28-30H,14-16,25H2,1H3/b9-4+. The number of hydrogen-bond acceptors (Lipinski definition) is 6. The Hall–Kier alpha value is -2.97. The molecule has 7 nitrogen and oxygen atoms in total. The summed E-state index contributed by atoms with van der Waals surface area (Å²) in [5.41, 5.74) is 8.77. The molecule has 31 heavy (non-hydrogen) atoms. The van der Waals surface area contributed by atoms with Crippen LogP contribution < -0.4 is 10.5 Å². The van der Waals surface area contributed by atoms with Crippen LogP contribution in [-0.4, -0.2) is 50.7 Å². The van der Waals surface area contributed by atoms with E-state index in [1.54, 1.807) is 23.9 Å². The molecular weight excluding hydrogens is 394 g/mol. The summed E-state index contributed by atoms with van der Waals surface area (Å²) in [5.74, 6) is 1.23. The van der Waals surface area contributed by atoms with Crippen LogP contribution in [0.25, 0.3) is 17.2 Å². The third kappa shape index (κ3) is 6.02. The van der Waals surface area contributed by atoms with Crippen molar-refractivity contribution in [3.8, 4) is 16.9 Å². The molecule has 0 amide bonds. The van der Waals surface area contributed by atoms with Crippen molar-refractivity contribution in [3.63, 3.8) is 0 Å². The average Bonchev–Trinajstić information content (AvgIpc) is 3.29. The summed E-state index contributed by atoms with van der Waals surface area (Å²) >= 11 is 0. The molecule has 0 aliphatic carbocycles. The Morgan fingerprint density at radius 3 is 2.26 bits per heavy atom. The van der Waals surface area contributed by atoms with Crippen molar-refractivity contribution in [1.82, 2.24) is 9.55 Å². The number of nitrogens with two attached hydrogens (primary N) is 1. The summed E-state index contributed by atoms with van der Waals surface area (Å²) in [6, 6.07) is 15.1. The third-order valence-corrected chi connectivity index (χ3v) is 4.92. The Bertz CT molecular complexity index is 965. The summed E-state index contributed by atoms with van der Waals surface area (Å²) in [7, 11) is 0. The predicted molar refractivity (Wildman–Crippen MR) is 120 cm³/mol. The lowest BCUT2D eigenvalue weighted by molar-refractivity contribution is 0.175. The summed E-state index contributed by atoms with van der Waals surface area (Å²) in [4.78, 5) is 4.16. The molecule has 3 aromatic rings. The largest absolute Gasteiger partial charge is 0.492 e. The van der Waals surface area contributed by atoms with E-state index in [1.807, 2.05) is 60.7 Å². The SMILES string of the molecule is CC(O)c1nccn1C(/C=C/c1ccc(-c2ccc(OCC(N)CO)cc2)cc1)CO. The lowest BCUT2D eigenvalue weighted by Crippen LogP contribution is -2.31. The first kappa shape index (κ1) is 22.7. The van der Waals surface area contributed by atoms with Gasteiger partial charge in [-0.25, -0.2) is 4.98 Å². The fourth-order valence-electron chi connectivity index (χ4n) is 3.18. The first-order chi connectivity index (χ1) is 15.0. The van der Waals surface area contributed by atoms with Gasteiger partial charge in [0.15, 0.2) is 0 Å². The lowest BCUT2D eigenvalue weighted by atomic mass is 10.0. The molecule has 2 aromatic carbocycles. The molecule has 1 heterocycles. The van der Waals surface area contributed by atoms with Gasteiger partial charge < -0.3 is 30.4 Å². The fourth-order valence-corrected chi connectivity index (χ4v) is 3.18. The van der Waals surface area contributed by atoms with E-state index in [-0.39, 0.29) is 25.9 Å². The molecule has 3 atom stereocenters. The van der Waals surface area contributed by atoms with E-state index < -0.39 is 12.1 Å². The van der Waals surface area contributed by atoms with Crippen LogP contribution >= 0.6 is 0 Å². The Morgan fingerprint density at radius 2 is 1.68 bits per heavy atom. The molecule has 3 rings (SSSR count). The van der Waals surface area contributed by atoms with E-state index in [4.69, 9.17) is 15.6 Å². The number of aliphatic hydroxyl groups excluding tert-OH is 3. The van der Waals surface area contributed by atoms with Crippen molar-refractivity contribution in [2.45, 2.75) is 25.1 Å². The number of rotatable bonds is 10. The highest BCUT2D eigenvalue weighted by atomic mass is 16.5. The van der Waals surface area contributed by atoms with Gasteiger partial charge in [0.25, 0.3) is 0 Å². The molecule has 0 aliphatic heterocycles. The zero-order chi connectivity index (χ0) is 22.2. The van der Waals surface area contributed by atoms with Gasteiger partial charge in [0.2, 0.25) is 0 Å². The van der Waals surface area contributed by atoms with Gasteiger partial charge in [-0.15, -0.1) is 0 Å². The lowest BCUT2D eigenvalue weighted by Gasteiger charge is -2.16. The normalized spacial score (nSPS) is 14.5. The molecule has 164 valence electrons. The number of ether oxygens (including phenoxy) is 1. The summed E-state index contributed by atoms with van der Waals surface area (Å²) in [6.07, 6.45) is 6.50. The van der Waals surface area contributed by atoms with Crippen LogP contribution in [0, 0.1) is 0 Å². The monoisotopic (exact) mass is 423 g/mol. The minimum atomic E-state index is -0.708. The van der Waals surface area contributed by atoms with E-state index >= 15 is 0 Å². The first-order valence-electron chi connectivity index (χ1n) is 10.2. The van der Waals surface area contributed by atoms with Crippen LogP contribution in [0.1, 0.15) is 30.5 Å². The van der Waals surface area contributed by atoms with Crippen LogP contribution in [0.3, 0.4) is 0 Å². The molecule has 0 aliphatic rings. The van der Waals surface area contributed by atoms with Crippen molar-refractivity contribution in [2.24, 2.45) is 5.73 Å². The van der Waals surface area contributed by atoms with Crippen LogP contribution in [0.5, 0.6) is 5.75 Å². The van der Waals surface area contributed by atoms with Gasteiger partial charge in [-0.05, 0) is 35.7 Å². The van der Waals surface area contributed by atoms with Crippen molar-refractivity contribution < 1.29 is 20.1 Å². The topological polar surface area (TPSA) is 114 Å². The van der Waals surface area contributed by atoms with Crippen LogP contribution in [0.2, 0.25) is 0 Å². The third-order valence-electron chi connectivity index (χ3n) is 4.92. The second kappa shape index (κ2) is 10.9. The van der Waals surface area contributed by atoms with Crippen LogP contribution in [-0.2, 0) is 0 Å². The highest BCUT2D eigenvalue weighted by Crippen LogP contribution is 2.24. The van der Waals surface area contributed by atoms with Crippen molar-refractivity contribution >= 4 is 6.08 Å². The minimum Gasteiger partial charge on any atom is -0.492 e. The Morgan fingerprint density at radius 1 is 1.03 bits per heavy atom. The molecular formula is C24H29N3O4. The van der Waals surface area contributed by atoms with Crippen LogP contribution in [0.4, 0.5) is 0 Å². The molecule has 0 bridgehead atoms. The number of imidazole rings is 1. The molecule has 0 saturated heterocycles. The molecule has 3 unspecified atom stereocenters.